The predicted octanol–water partition coefficient (Wildman–Crippen LogP) is 2.25. The van der Waals surface area contributed by atoms with Gasteiger partial charge < -0.3 is 10.6 Å². The first-order valence-electron chi connectivity index (χ1n) is 5.11. The molecule has 10 heteroatoms. The van der Waals surface area contributed by atoms with Crippen LogP contribution in [0.15, 0.2) is 0 Å². The van der Waals surface area contributed by atoms with Crippen molar-refractivity contribution < 1.29 is 31.1 Å². The van der Waals surface area contributed by atoms with Crippen LogP contribution in [0.1, 0.15) is 13.3 Å². The zero-order valence-corrected chi connectivity index (χ0v) is 10.6. The van der Waals surface area contributed by atoms with Gasteiger partial charge in [0.1, 0.15) is 0 Å². The van der Waals surface area contributed by atoms with Crippen LogP contribution in [0.5, 0.6) is 0 Å². The van der Waals surface area contributed by atoms with Crippen molar-refractivity contribution in [3.05, 3.63) is 0 Å². The molecule has 0 unspecified atom stereocenters. The maximum atomic E-state index is 12.3. The van der Waals surface area contributed by atoms with Gasteiger partial charge in [0.05, 0.1) is 4.99 Å². The van der Waals surface area contributed by atoms with Crippen LogP contribution < -0.4 is 5.73 Å². The van der Waals surface area contributed by atoms with E-state index in [9.17, 15) is 31.1 Å². The third-order valence-electron chi connectivity index (χ3n) is 2.22. The quantitative estimate of drug-likeness (QED) is 0.626. The van der Waals surface area contributed by atoms with Crippen LogP contribution in [0, 0.1) is 5.92 Å². The molecule has 0 aliphatic heterocycles. The first-order valence-corrected chi connectivity index (χ1v) is 5.52. The molecule has 112 valence electrons. The summed E-state index contributed by atoms with van der Waals surface area (Å²) in [5.41, 5.74) is 5.09. The van der Waals surface area contributed by atoms with Crippen LogP contribution in [0.2, 0.25) is 0 Å². The molecule has 0 spiro atoms. The molecule has 0 saturated heterocycles. The van der Waals surface area contributed by atoms with Gasteiger partial charge in [0, 0.05) is 19.5 Å². The van der Waals surface area contributed by atoms with Gasteiger partial charge >= 0.3 is 12.4 Å². The van der Waals surface area contributed by atoms with E-state index in [1.54, 1.807) is 0 Å². The highest BCUT2D eigenvalue weighted by Gasteiger charge is 2.61. The number of hydrogen-bond acceptors (Lipinski definition) is 2. The standard InChI is InChI=1S/C9H12F6N2OS/c1-2-17(4-3-5(16)19)7(18)6(8(10,11)12)9(13,14)15/h6H,2-4H2,1H3,(H2,16,19). The summed E-state index contributed by atoms with van der Waals surface area (Å²) < 4.78 is 74.1. The minimum absolute atomic E-state index is 0.0955. The summed E-state index contributed by atoms with van der Waals surface area (Å²) in [6.07, 6.45) is -11.5. The summed E-state index contributed by atoms with van der Waals surface area (Å²) >= 11 is 4.46. The Morgan fingerprint density at radius 2 is 1.63 bits per heavy atom. The van der Waals surface area contributed by atoms with E-state index in [4.69, 9.17) is 5.73 Å². The zero-order valence-electron chi connectivity index (χ0n) is 9.81. The highest BCUT2D eigenvalue weighted by molar-refractivity contribution is 7.80. The zero-order chi connectivity index (χ0) is 15.4. The minimum atomic E-state index is -5.69. The van der Waals surface area contributed by atoms with Gasteiger partial charge in [0.25, 0.3) is 0 Å². The molecule has 0 fully saturated rings. The summed E-state index contributed by atoms with van der Waals surface area (Å²) in [6, 6.07) is 0. The average molecular weight is 310 g/mol. The summed E-state index contributed by atoms with van der Waals surface area (Å²) in [7, 11) is 0. The molecule has 0 radical (unpaired) electrons. The van der Waals surface area contributed by atoms with Crippen LogP contribution in [0.25, 0.3) is 0 Å². The fraction of sp³-hybridized carbons (Fsp3) is 0.778. The van der Waals surface area contributed by atoms with Gasteiger partial charge in [0.15, 0.2) is 0 Å². The van der Waals surface area contributed by atoms with Gasteiger partial charge in [-0.1, -0.05) is 12.2 Å². The number of nitrogens with two attached hydrogens (primary N) is 1. The monoisotopic (exact) mass is 310 g/mol. The first-order chi connectivity index (χ1) is 8.41. The van der Waals surface area contributed by atoms with Crippen LogP contribution in [0.4, 0.5) is 26.3 Å². The second-order valence-corrected chi connectivity index (χ2v) is 4.17. The second-order valence-electron chi connectivity index (χ2n) is 3.65. The minimum Gasteiger partial charge on any atom is -0.393 e. The largest absolute Gasteiger partial charge is 0.409 e. The molecular weight excluding hydrogens is 298 g/mol. The predicted molar refractivity (Wildman–Crippen MR) is 59.3 cm³/mol. The van der Waals surface area contributed by atoms with Gasteiger partial charge in [0.2, 0.25) is 11.8 Å². The van der Waals surface area contributed by atoms with E-state index in [0.717, 1.165) is 0 Å². The second kappa shape index (κ2) is 6.40. The number of halogens is 6. The lowest BCUT2D eigenvalue weighted by atomic mass is 10.1. The van der Waals surface area contributed by atoms with Crippen LogP contribution in [-0.2, 0) is 4.79 Å². The van der Waals surface area contributed by atoms with Crippen LogP contribution in [-0.4, -0.2) is 41.2 Å². The topological polar surface area (TPSA) is 46.3 Å². The normalized spacial score (nSPS) is 12.6. The van der Waals surface area contributed by atoms with E-state index in [2.05, 4.69) is 12.2 Å². The summed E-state index contributed by atoms with van der Waals surface area (Å²) in [4.78, 5) is 11.7. The van der Waals surface area contributed by atoms with Gasteiger partial charge in [-0.25, -0.2) is 0 Å². The number of thiocarbonyl (C=S) groups is 1. The Kier molecular flexibility index (Phi) is 6.04. The first kappa shape index (κ1) is 17.9. The Morgan fingerprint density at radius 3 is 1.89 bits per heavy atom. The molecule has 0 aliphatic carbocycles. The van der Waals surface area contributed by atoms with E-state index < -0.39 is 24.2 Å². The van der Waals surface area contributed by atoms with Crippen LogP contribution >= 0.6 is 12.2 Å². The number of carbonyl (C=O) groups is 1. The number of alkyl halides is 6. The van der Waals surface area contributed by atoms with Crippen molar-refractivity contribution in [3.63, 3.8) is 0 Å². The molecule has 19 heavy (non-hydrogen) atoms. The molecule has 3 nitrogen and oxygen atoms in total. The molecule has 2 N–H and O–H groups in total. The molecule has 0 saturated carbocycles. The highest BCUT2D eigenvalue weighted by Crippen LogP contribution is 2.40. The Balaban J connectivity index is 5.12. The van der Waals surface area contributed by atoms with E-state index in [1.165, 1.54) is 6.92 Å². The smallest absolute Gasteiger partial charge is 0.393 e. The maximum absolute atomic E-state index is 12.3. The Morgan fingerprint density at radius 1 is 1.21 bits per heavy atom. The number of amides is 1. The molecule has 0 aromatic carbocycles. The fourth-order valence-corrected chi connectivity index (χ4v) is 1.41. The van der Waals surface area contributed by atoms with E-state index >= 15 is 0 Å². The van der Waals surface area contributed by atoms with Crippen molar-refractivity contribution in [1.29, 1.82) is 0 Å². The Bertz CT molecular complexity index is 327. The number of rotatable bonds is 5. The SMILES string of the molecule is CCN(CCC(N)=S)C(=O)C(C(F)(F)F)C(F)(F)F. The van der Waals surface area contributed by atoms with Gasteiger partial charge in [-0.05, 0) is 6.92 Å². The molecule has 0 heterocycles. The lowest BCUT2D eigenvalue weighted by Gasteiger charge is -2.28. The number of nitrogens with zero attached hydrogens (tertiary/aromatic N) is 1. The van der Waals surface area contributed by atoms with E-state index in [0.29, 0.717) is 4.90 Å². The Hall–Kier alpha value is -1.06. The van der Waals surface area contributed by atoms with Gasteiger partial charge in [-0.15, -0.1) is 0 Å². The van der Waals surface area contributed by atoms with E-state index in [-0.39, 0.29) is 24.5 Å². The third kappa shape index (κ3) is 5.62. The summed E-state index contributed by atoms with van der Waals surface area (Å²) in [6.45, 7) is 0.582. The van der Waals surface area contributed by atoms with Crippen molar-refractivity contribution in [1.82, 2.24) is 4.90 Å². The number of carbonyl (C=O) groups excluding carboxylic acids is 1. The van der Waals surface area contributed by atoms with Gasteiger partial charge in [-0.2, -0.15) is 26.3 Å². The molecule has 0 aromatic rings. The molecule has 0 aromatic heterocycles. The van der Waals surface area contributed by atoms with Crippen molar-refractivity contribution in [2.24, 2.45) is 11.7 Å². The summed E-state index contributed by atoms with van der Waals surface area (Å²) in [5.74, 6) is -6.06. The van der Waals surface area contributed by atoms with Crippen molar-refractivity contribution in [3.8, 4) is 0 Å². The molecule has 0 bridgehead atoms. The molecule has 0 aliphatic rings. The van der Waals surface area contributed by atoms with Gasteiger partial charge in [-0.3, -0.25) is 4.79 Å². The van der Waals surface area contributed by atoms with Crippen molar-refractivity contribution in [2.45, 2.75) is 25.7 Å². The molecule has 0 atom stereocenters. The maximum Gasteiger partial charge on any atom is 0.409 e. The molecular formula is C9H12F6N2OS. The number of hydrogen-bond donors (Lipinski definition) is 1. The lowest BCUT2D eigenvalue weighted by Crippen LogP contribution is -2.50. The van der Waals surface area contributed by atoms with Crippen molar-refractivity contribution in [2.75, 3.05) is 13.1 Å². The van der Waals surface area contributed by atoms with Crippen LogP contribution in [0.3, 0.4) is 0 Å². The Labute approximate surface area is 110 Å². The van der Waals surface area contributed by atoms with Crippen molar-refractivity contribution >= 4 is 23.1 Å². The third-order valence-corrected chi connectivity index (χ3v) is 2.43. The molecule has 0 rings (SSSR count). The average Bonchev–Trinajstić information content (AvgIpc) is 2.12. The fourth-order valence-electron chi connectivity index (χ4n) is 1.32. The highest BCUT2D eigenvalue weighted by atomic mass is 32.1. The summed E-state index contributed by atoms with van der Waals surface area (Å²) in [5, 5.41) is 0. The molecule has 1 amide bonds. The van der Waals surface area contributed by atoms with E-state index in [1.807, 2.05) is 0 Å². The lowest BCUT2D eigenvalue weighted by molar-refractivity contribution is -0.277.